The molecule has 1 unspecified atom stereocenters. The summed E-state index contributed by atoms with van der Waals surface area (Å²) in [6.07, 6.45) is 6.39. The molecule has 108 valence electrons. The van der Waals surface area contributed by atoms with E-state index in [0.29, 0.717) is 5.02 Å². The summed E-state index contributed by atoms with van der Waals surface area (Å²) in [5.41, 5.74) is 1.96. The molecule has 1 aliphatic carbocycles. The average molecular weight is 295 g/mol. The van der Waals surface area contributed by atoms with Crippen LogP contribution in [-0.4, -0.2) is 18.2 Å². The van der Waals surface area contributed by atoms with Gasteiger partial charge in [-0.25, -0.2) is 4.79 Å². The second-order valence-corrected chi connectivity index (χ2v) is 5.53. The third-order valence-electron chi connectivity index (χ3n) is 3.78. The highest BCUT2D eigenvalue weighted by Gasteiger charge is 2.23. The molecule has 1 atom stereocenters. The van der Waals surface area contributed by atoms with Crippen LogP contribution in [0.5, 0.6) is 5.75 Å². The highest BCUT2D eigenvalue weighted by atomic mass is 35.5. The second-order valence-electron chi connectivity index (χ2n) is 5.10. The topological polar surface area (TPSA) is 46.5 Å². The first kappa shape index (κ1) is 14.9. The normalized spacial score (nSPS) is 21.5. The van der Waals surface area contributed by atoms with Crippen molar-refractivity contribution < 1.29 is 14.6 Å². The van der Waals surface area contributed by atoms with Crippen LogP contribution >= 0.6 is 11.6 Å². The Morgan fingerprint density at radius 3 is 2.90 bits per heavy atom. The predicted molar refractivity (Wildman–Crippen MR) is 79.5 cm³/mol. The quantitative estimate of drug-likeness (QED) is 0.663. The van der Waals surface area contributed by atoms with Crippen molar-refractivity contribution in [1.29, 1.82) is 0 Å². The first-order valence-corrected chi connectivity index (χ1v) is 7.26. The lowest BCUT2D eigenvalue weighted by molar-refractivity contribution is -0.131. The van der Waals surface area contributed by atoms with Gasteiger partial charge in [-0.1, -0.05) is 30.0 Å². The molecule has 0 amide bonds. The van der Waals surface area contributed by atoms with Crippen molar-refractivity contribution in [3.05, 3.63) is 40.4 Å². The molecule has 0 saturated heterocycles. The maximum Gasteiger partial charge on any atom is 0.328 e. The van der Waals surface area contributed by atoms with Crippen LogP contribution in [0.3, 0.4) is 0 Å². The van der Waals surface area contributed by atoms with Crippen LogP contribution in [0.2, 0.25) is 5.02 Å². The van der Waals surface area contributed by atoms with Gasteiger partial charge in [0, 0.05) is 22.6 Å². The fourth-order valence-corrected chi connectivity index (χ4v) is 3.06. The summed E-state index contributed by atoms with van der Waals surface area (Å²) in [7, 11) is 1.63. The number of methoxy groups -OCH3 is 1. The van der Waals surface area contributed by atoms with Crippen LogP contribution in [0, 0.1) is 0 Å². The van der Waals surface area contributed by atoms with E-state index in [1.807, 2.05) is 12.1 Å². The fourth-order valence-electron chi connectivity index (χ4n) is 2.88. The second kappa shape index (κ2) is 6.80. The summed E-state index contributed by atoms with van der Waals surface area (Å²) in [6, 6.07) is 5.54. The third-order valence-corrected chi connectivity index (χ3v) is 4.02. The zero-order valence-electron chi connectivity index (χ0n) is 11.6. The Morgan fingerprint density at radius 2 is 2.20 bits per heavy atom. The Morgan fingerprint density at radius 1 is 1.40 bits per heavy atom. The number of hydrogen-bond donors (Lipinski definition) is 1. The van der Waals surface area contributed by atoms with Gasteiger partial charge >= 0.3 is 5.97 Å². The van der Waals surface area contributed by atoms with Gasteiger partial charge in [-0.3, -0.25) is 0 Å². The molecule has 4 heteroatoms. The Kier molecular flexibility index (Phi) is 5.07. The molecule has 1 fully saturated rings. The maximum atomic E-state index is 11.0. The Hall–Kier alpha value is -1.48. The van der Waals surface area contributed by atoms with Crippen LogP contribution in [0.25, 0.3) is 0 Å². The van der Waals surface area contributed by atoms with Crippen molar-refractivity contribution in [2.45, 2.75) is 38.0 Å². The van der Waals surface area contributed by atoms with Gasteiger partial charge in [0.2, 0.25) is 0 Å². The van der Waals surface area contributed by atoms with Crippen LogP contribution in [0.4, 0.5) is 0 Å². The standard InChI is InChI=1S/C16H19ClO3/c1-20-15-8-7-12(17)10-14(15)13-6-4-2-3-5-11(13)9-16(18)19/h7-10,13H,2-6H2,1H3,(H,18,19)/b11-9+. The summed E-state index contributed by atoms with van der Waals surface area (Å²) in [4.78, 5) is 11.0. The molecular formula is C16H19ClO3. The highest BCUT2D eigenvalue weighted by Crippen LogP contribution is 2.41. The lowest BCUT2D eigenvalue weighted by atomic mass is 9.86. The van der Waals surface area contributed by atoms with E-state index in [1.54, 1.807) is 13.2 Å². The SMILES string of the molecule is COc1ccc(Cl)cc1C1CCCCC/C1=C\C(=O)O. The average Bonchev–Trinajstić information content (AvgIpc) is 2.63. The fraction of sp³-hybridized carbons (Fsp3) is 0.438. The Balaban J connectivity index is 2.45. The van der Waals surface area contributed by atoms with Crippen molar-refractivity contribution in [3.63, 3.8) is 0 Å². The molecule has 1 saturated carbocycles. The van der Waals surface area contributed by atoms with E-state index in [1.165, 1.54) is 6.08 Å². The number of benzene rings is 1. The van der Waals surface area contributed by atoms with E-state index in [-0.39, 0.29) is 5.92 Å². The molecule has 1 aromatic carbocycles. The van der Waals surface area contributed by atoms with E-state index in [2.05, 4.69) is 0 Å². The molecule has 0 spiro atoms. The lowest BCUT2D eigenvalue weighted by Crippen LogP contribution is -2.06. The molecule has 0 bridgehead atoms. The number of aliphatic carboxylic acids is 1. The predicted octanol–water partition coefficient (Wildman–Crippen LogP) is 4.41. The molecule has 0 radical (unpaired) electrons. The van der Waals surface area contributed by atoms with Gasteiger partial charge in [-0.15, -0.1) is 0 Å². The van der Waals surface area contributed by atoms with E-state index >= 15 is 0 Å². The summed E-state index contributed by atoms with van der Waals surface area (Å²) in [6.45, 7) is 0. The molecule has 20 heavy (non-hydrogen) atoms. The van der Waals surface area contributed by atoms with E-state index in [4.69, 9.17) is 21.4 Å². The van der Waals surface area contributed by atoms with Crippen LogP contribution in [0.1, 0.15) is 43.6 Å². The Bertz CT molecular complexity index is 522. The molecular weight excluding hydrogens is 276 g/mol. The lowest BCUT2D eigenvalue weighted by Gasteiger charge is -2.21. The van der Waals surface area contributed by atoms with E-state index < -0.39 is 5.97 Å². The number of halogens is 1. The van der Waals surface area contributed by atoms with E-state index in [0.717, 1.165) is 49.0 Å². The van der Waals surface area contributed by atoms with Gasteiger partial charge in [-0.05, 0) is 37.5 Å². The number of carboxylic acids is 1. The van der Waals surface area contributed by atoms with Crippen molar-refractivity contribution in [2.24, 2.45) is 0 Å². The van der Waals surface area contributed by atoms with Gasteiger partial charge in [0.05, 0.1) is 7.11 Å². The number of carbonyl (C=O) groups is 1. The van der Waals surface area contributed by atoms with Crippen molar-refractivity contribution in [2.75, 3.05) is 7.11 Å². The molecule has 2 rings (SSSR count). The zero-order valence-corrected chi connectivity index (χ0v) is 12.3. The molecule has 0 aromatic heterocycles. The minimum absolute atomic E-state index is 0.0854. The number of carboxylic acid groups (broad SMARTS) is 1. The van der Waals surface area contributed by atoms with Crippen LogP contribution < -0.4 is 4.74 Å². The van der Waals surface area contributed by atoms with Crippen molar-refractivity contribution in [1.82, 2.24) is 0 Å². The minimum Gasteiger partial charge on any atom is -0.496 e. The molecule has 1 aliphatic rings. The number of ether oxygens (including phenoxy) is 1. The van der Waals surface area contributed by atoms with E-state index in [9.17, 15) is 4.79 Å². The minimum atomic E-state index is -0.882. The van der Waals surface area contributed by atoms with Gasteiger partial charge in [0.1, 0.15) is 5.75 Å². The highest BCUT2D eigenvalue weighted by molar-refractivity contribution is 6.30. The largest absolute Gasteiger partial charge is 0.496 e. The Labute approximate surface area is 124 Å². The van der Waals surface area contributed by atoms with Gasteiger partial charge < -0.3 is 9.84 Å². The monoisotopic (exact) mass is 294 g/mol. The maximum absolute atomic E-state index is 11.0. The first-order valence-electron chi connectivity index (χ1n) is 6.88. The summed E-state index contributed by atoms with van der Waals surface area (Å²) in [5, 5.41) is 9.72. The number of allylic oxidation sites excluding steroid dienone is 1. The van der Waals surface area contributed by atoms with Gasteiger partial charge in [0.25, 0.3) is 0 Å². The zero-order chi connectivity index (χ0) is 14.5. The van der Waals surface area contributed by atoms with Crippen molar-refractivity contribution in [3.8, 4) is 5.75 Å². The number of hydrogen-bond acceptors (Lipinski definition) is 2. The van der Waals surface area contributed by atoms with Gasteiger partial charge in [-0.2, -0.15) is 0 Å². The van der Waals surface area contributed by atoms with Crippen molar-refractivity contribution >= 4 is 17.6 Å². The molecule has 0 aliphatic heterocycles. The smallest absolute Gasteiger partial charge is 0.328 e. The summed E-state index contributed by atoms with van der Waals surface area (Å²) < 4.78 is 5.41. The summed E-state index contributed by atoms with van der Waals surface area (Å²) >= 11 is 6.10. The molecule has 0 heterocycles. The third kappa shape index (κ3) is 3.54. The van der Waals surface area contributed by atoms with Gasteiger partial charge in [0.15, 0.2) is 0 Å². The molecule has 1 N–H and O–H groups in total. The number of rotatable bonds is 3. The molecule has 3 nitrogen and oxygen atoms in total. The molecule has 1 aromatic rings. The van der Waals surface area contributed by atoms with Crippen LogP contribution in [0.15, 0.2) is 29.8 Å². The van der Waals surface area contributed by atoms with Crippen LogP contribution in [-0.2, 0) is 4.79 Å². The summed E-state index contributed by atoms with van der Waals surface area (Å²) in [5.74, 6) is -0.0206. The first-order chi connectivity index (χ1) is 9.61.